The van der Waals surface area contributed by atoms with E-state index in [-0.39, 0.29) is 12.3 Å². The first-order valence-electron chi connectivity index (χ1n) is 8.58. The number of amides is 1. The van der Waals surface area contributed by atoms with Gasteiger partial charge >= 0.3 is 0 Å². The fourth-order valence-corrected chi connectivity index (χ4v) is 3.91. The zero-order chi connectivity index (χ0) is 18.5. The van der Waals surface area contributed by atoms with Crippen molar-refractivity contribution in [3.8, 4) is 5.75 Å². The Kier molecular flexibility index (Phi) is 5.68. The Bertz CT molecular complexity index is 997. The van der Waals surface area contributed by atoms with Crippen molar-refractivity contribution in [2.24, 2.45) is 4.99 Å². The molecule has 1 heterocycles. The Morgan fingerprint density at radius 3 is 2.62 bits per heavy atom. The lowest BCUT2D eigenvalue weighted by Crippen LogP contribution is -2.16. The number of nitrogens with zero attached hydrogens (tertiary/aromatic N) is 2. The average Bonchev–Trinajstić information content (AvgIpc) is 2.98. The molecule has 0 spiro atoms. The van der Waals surface area contributed by atoms with Crippen LogP contribution in [-0.2, 0) is 24.2 Å². The van der Waals surface area contributed by atoms with Gasteiger partial charge in [-0.3, -0.25) is 4.79 Å². The molecule has 0 saturated carbocycles. The van der Waals surface area contributed by atoms with Crippen molar-refractivity contribution in [3.63, 3.8) is 0 Å². The molecule has 5 heteroatoms. The number of allylic oxidation sites excluding steroid dienone is 1. The van der Waals surface area contributed by atoms with Crippen molar-refractivity contribution in [2.75, 3.05) is 7.11 Å². The van der Waals surface area contributed by atoms with Crippen LogP contribution in [0.4, 0.5) is 0 Å². The fourth-order valence-electron chi connectivity index (χ4n) is 2.79. The van der Waals surface area contributed by atoms with Crippen molar-refractivity contribution >= 4 is 27.5 Å². The molecule has 1 aromatic heterocycles. The van der Waals surface area contributed by atoms with Gasteiger partial charge in [0.25, 0.3) is 5.91 Å². The first-order chi connectivity index (χ1) is 12.6. The molecule has 0 aliphatic heterocycles. The molecule has 0 aliphatic carbocycles. The van der Waals surface area contributed by atoms with E-state index in [1.165, 1.54) is 5.56 Å². The van der Waals surface area contributed by atoms with Crippen LogP contribution in [0, 0.1) is 0 Å². The molecule has 3 aromatic rings. The predicted molar refractivity (Wildman–Crippen MR) is 107 cm³/mol. The summed E-state index contributed by atoms with van der Waals surface area (Å²) in [5.41, 5.74) is 3.29. The van der Waals surface area contributed by atoms with E-state index in [4.69, 9.17) is 4.74 Å². The van der Waals surface area contributed by atoms with Crippen LogP contribution in [0.1, 0.15) is 18.1 Å². The number of fused-ring (bicyclic) bond motifs is 1. The molecular weight excluding hydrogens is 344 g/mol. The molecule has 3 rings (SSSR count). The number of hydrogen-bond donors (Lipinski definition) is 0. The van der Waals surface area contributed by atoms with Gasteiger partial charge < -0.3 is 9.30 Å². The molecule has 0 N–H and O–H groups in total. The lowest BCUT2D eigenvalue weighted by atomic mass is 10.1. The van der Waals surface area contributed by atoms with Crippen LogP contribution >= 0.6 is 11.3 Å². The minimum absolute atomic E-state index is 0.157. The second-order valence-corrected chi connectivity index (χ2v) is 6.98. The summed E-state index contributed by atoms with van der Waals surface area (Å²) in [5.74, 6) is 0.619. The summed E-state index contributed by atoms with van der Waals surface area (Å²) < 4.78 is 8.33. The van der Waals surface area contributed by atoms with Gasteiger partial charge in [0.2, 0.25) is 0 Å². The Labute approximate surface area is 157 Å². The number of rotatable bonds is 6. The largest absolute Gasteiger partial charge is 0.497 e. The van der Waals surface area contributed by atoms with Gasteiger partial charge in [0.1, 0.15) is 5.75 Å². The van der Waals surface area contributed by atoms with E-state index in [2.05, 4.69) is 36.7 Å². The summed E-state index contributed by atoms with van der Waals surface area (Å²) in [4.78, 5) is 17.5. The molecule has 0 atom stereocenters. The van der Waals surface area contributed by atoms with E-state index in [0.29, 0.717) is 11.3 Å². The SMILES string of the molecule is C=CCn1c(=NC(=O)Cc2ccc(OC)cc2)sc2cc(CC)ccc21. The number of benzene rings is 2. The van der Waals surface area contributed by atoms with Crippen LogP contribution in [0.5, 0.6) is 5.75 Å². The highest BCUT2D eigenvalue weighted by atomic mass is 32.1. The summed E-state index contributed by atoms with van der Waals surface area (Å²) in [6, 6.07) is 13.9. The lowest BCUT2D eigenvalue weighted by molar-refractivity contribution is -0.117. The molecule has 0 saturated heterocycles. The number of carbonyl (C=O) groups is 1. The highest BCUT2D eigenvalue weighted by molar-refractivity contribution is 7.16. The number of aromatic nitrogens is 1. The molecule has 2 aromatic carbocycles. The Hall–Kier alpha value is -2.66. The van der Waals surface area contributed by atoms with Gasteiger partial charge in [-0.05, 0) is 41.8 Å². The van der Waals surface area contributed by atoms with Crippen LogP contribution in [-0.4, -0.2) is 17.6 Å². The van der Waals surface area contributed by atoms with Gasteiger partial charge in [-0.25, -0.2) is 0 Å². The predicted octanol–water partition coefficient (Wildman–Crippen LogP) is 4.13. The van der Waals surface area contributed by atoms with Gasteiger partial charge in [-0.15, -0.1) is 6.58 Å². The van der Waals surface area contributed by atoms with E-state index in [1.54, 1.807) is 18.4 Å². The molecule has 0 unspecified atom stereocenters. The van der Waals surface area contributed by atoms with E-state index >= 15 is 0 Å². The van der Waals surface area contributed by atoms with E-state index < -0.39 is 0 Å². The Morgan fingerprint density at radius 1 is 1.23 bits per heavy atom. The van der Waals surface area contributed by atoms with Crippen molar-refractivity contribution in [1.82, 2.24) is 4.57 Å². The zero-order valence-corrected chi connectivity index (χ0v) is 15.9. The molecule has 134 valence electrons. The molecule has 4 nitrogen and oxygen atoms in total. The second-order valence-electron chi connectivity index (χ2n) is 5.97. The van der Waals surface area contributed by atoms with Crippen LogP contribution < -0.4 is 9.54 Å². The third-order valence-corrected chi connectivity index (χ3v) is 5.24. The number of thiazole rings is 1. The topological polar surface area (TPSA) is 43.6 Å². The standard InChI is InChI=1S/C21H22N2O2S/c1-4-12-23-18-11-8-15(5-2)13-19(18)26-21(23)22-20(24)14-16-6-9-17(25-3)10-7-16/h4,6-11,13H,1,5,12,14H2,2-3H3. The maximum absolute atomic E-state index is 12.5. The van der Waals surface area contributed by atoms with E-state index in [1.807, 2.05) is 34.9 Å². The van der Waals surface area contributed by atoms with E-state index in [0.717, 1.165) is 28.0 Å². The third-order valence-electron chi connectivity index (χ3n) is 4.20. The number of carbonyl (C=O) groups excluding carboxylic acids is 1. The van der Waals surface area contributed by atoms with E-state index in [9.17, 15) is 4.79 Å². The molecule has 0 fully saturated rings. The van der Waals surface area contributed by atoms with Crippen molar-refractivity contribution in [1.29, 1.82) is 0 Å². The van der Waals surface area contributed by atoms with Crippen LogP contribution in [0.25, 0.3) is 10.2 Å². The van der Waals surface area contributed by atoms with Gasteiger partial charge in [0.15, 0.2) is 4.80 Å². The van der Waals surface area contributed by atoms with Crippen LogP contribution in [0.15, 0.2) is 60.1 Å². The molecule has 0 aliphatic rings. The van der Waals surface area contributed by atoms with Gasteiger partial charge in [0, 0.05) is 6.54 Å². The smallest absolute Gasteiger partial charge is 0.252 e. The number of hydrogen-bond acceptors (Lipinski definition) is 3. The highest BCUT2D eigenvalue weighted by Gasteiger charge is 2.08. The average molecular weight is 366 g/mol. The maximum atomic E-state index is 12.5. The quantitative estimate of drug-likeness (QED) is 0.616. The molecular formula is C21H22N2O2S. The minimum Gasteiger partial charge on any atom is -0.497 e. The maximum Gasteiger partial charge on any atom is 0.252 e. The monoisotopic (exact) mass is 366 g/mol. The Morgan fingerprint density at radius 2 is 1.96 bits per heavy atom. The molecule has 0 radical (unpaired) electrons. The Balaban J connectivity index is 1.94. The molecule has 26 heavy (non-hydrogen) atoms. The third kappa shape index (κ3) is 3.94. The van der Waals surface area contributed by atoms with Gasteiger partial charge in [0.05, 0.1) is 23.7 Å². The lowest BCUT2D eigenvalue weighted by Gasteiger charge is -2.02. The van der Waals surface area contributed by atoms with Crippen molar-refractivity contribution in [2.45, 2.75) is 26.3 Å². The summed E-state index contributed by atoms with van der Waals surface area (Å²) >= 11 is 1.55. The minimum atomic E-state index is -0.157. The van der Waals surface area contributed by atoms with Gasteiger partial charge in [-0.2, -0.15) is 4.99 Å². The normalized spacial score (nSPS) is 11.7. The fraction of sp³-hybridized carbons (Fsp3) is 0.238. The van der Waals surface area contributed by atoms with Crippen molar-refractivity contribution < 1.29 is 9.53 Å². The number of aryl methyl sites for hydroxylation is 1. The first-order valence-corrected chi connectivity index (χ1v) is 9.40. The van der Waals surface area contributed by atoms with Gasteiger partial charge in [-0.1, -0.05) is 42.5 Å². The van der Waals surface area contributed by atoms with Crippen molar-refractivity contribution in [3.05, 3.63) is 71.0 Å². The molecule has 0 bridgehead atoms. The first kappa shape index (κ1) is 18.1. The van der Waals surface area contributed by atoms with Crippen LogP contribution in [0.2, 0.25) is 0 Å². The summed E-state index contributed by atoms with van der Waals surface area (Å²) in [6.07, 6.45) is 3.08. The second kappa shape index (κ2) is 8.15. The van der Waals surface area contributed by atoms with Crippen LogP contribution in [0.3, 0.4) is 0 Å². The highest BCUT2D eigenvalue weighted by Crippen LogP contribution is 2.20. The molecule has 1 amide bonds. The number of methoxy groups -OCH3 is 1. The summed E-state index contributed by atoms with van der Waals surface area (Å²) in [7, 11) is 1.62. The zero-order valence-electron chi connectivity index (χ0n) is 15.1. The summed E-state index contributed by atoms with van der Waals surface area (Å²) in [6.45, 7) is 6.59. The summed E-state index contributed by atoms with van der Waals surface area (Å²) in [5, 5.41) is 0. The number of ether oxygens (including phenoxy) is 1.